The van der Waals surface area contributed by atoms with Gasteiger partial charge in [-0.15, -0.1) is 0 Å². The zero-order valence-electron chi connectivity index (χ0n) is 9.97. The Morgan fingerprint density at radius 3 is 2.53 bits per heavy atom. The molecule has 2 rings (SSSR count). The third kappa shape index (κ3) is 2.33. The van der Waals surface area contributed by atoms with Crippen LogP contribution in [0.3, 0.4) is 0 Å². The van der Waals surface area contributed by atoms with E-state index in [0.29, 0.717) is 17.3 Å². The highest BCUT2D eigenvalue weighted by Crippen LogP contribution is 2.50. The van der Waals surface area contributed by atoms with Gasteiger partial charge in [0.25, 0.3) is 0 Å². The zero-order chi connectivity index (χ0) is 11.1. The van der Waals surface area contributed by atoms with Gasteiger partial charge in [-0.05, 0) is 36.8 Å². The lowest BCUT2D eigenvalue weighted by Crippen LogP contribution is -2.49. The standard InChI is InChI=1S/C12H22N2O/c1-8(9-5-13-6-9)11(15)14-7-10-4-12(10,2)3/h8-10,13H,4-7H2,1-3H3,(H,14,15). The largest absolute Gasteiger partial charge is 0.356 e. The van der Waals surface area contributed by atoms with Gasteiger partial charge in [-0.25, -0.2) is 0 Å². The van der Waals surface area contributed by atoms with Crippen molar-refractivity contribution >= 4 is 5.91 Å². The van der Waals surface area contributed by atoms with Crippen molar-refractivity contribution in [1.82, 2.24) is 10.6 Å². The summed E-state index contributed by atoms with van der Waals surface area (Å²) in [6, 6.07) is 0. The van der Waals surface area contributed by atoms with Crippen molar-refractivity contribution in [3.63, 3.8) is 0 Å². The Morgan fingerprint density at radius 1 is 1.53 bits per heavy atom. The van der Waals surface area contributed by atoms with E-state index in [1.807, 2.05) is 6.92 Å². The Morgan fingerprint density at radius 2 is 2.13 bits per heavy atom. The predicted octanol–water partition coefficient (Wildman–Crippen LogP) is 1.00. The third-order valence-corrected chi connectivity index (χ3v) is 4.17. The molecule has 0 radical (unpaired) electrons. The molecule has 3 heteroatoms. The summed E-state index contributed by atoms with van der Waals surface area (Å²) in [4.78, 5) is 11.8. The summed E-state index contributed by atoms with van der Waals surface area (Å²) in [5.74, 6) is 1.67. The monoisotopic (exact) mass is 210 g/mol. The topological polar surface area (TPSA) is 41.1 Å². The van der Waals surface area contributed by atoms with Crippen molar-refractivity contribution in [2.24, 2.45) is 23.2 Å². The van der Waals surface area contributed by atoms with E-state index in [0.717, 1.165) is 19.6 Å². The van der Waals surface area contributed by atoms with E-state index in [9.17, 15) is 4.79 Å². The Balaban J connectivity index is 1.68. The first-order valence-electron chi connectivity index (χ1n) is 5.99. The van der Waals surface area contributed by atoms with E-state index in [1.54, 1.807) is 0 Å². The van der Waals surface area contributed by atoms with E-state index < -0.39 is 0 Å². The average Bonchev–Trinajstić information content (AvgIpc) is 2.67. The molecule has 15 heavy (non-hydrogen) atoms. The normalized spacial score (nSPS) is 30.5. The van der Waals surface area contributed by atoms with Crippen LogP contribution in [0.1, 0.15) is 27.2 Å². The highest BCUT2D eigenvalue weighted by Gasteiger charge is 2.45. The first kappa shape index (κ1) is 10.9. The Kier molecular flexibility index (Phi) is 2.75. The van der Waals surface area contributed by atoms with Crippen LogP contribution >= 0.6 is 0 Å². The van der Waals surface area contributed by atoms with Gasteiger partial charge in [0.1, 0.15) is 0 Å². The molecule has 0 bridgehead atoms. The lowest BCUT2D eigenvalue weighted by molar-refractivity contribution is -0.126. The fourth-order valence-corrected chi connectivity index (χ4v) is 2.19. The van der Waals surface area contributed by atoms with Gasteiger partial charge >= 0.3 is 0 Å². The molecule has 0 spiro atoms. The second-order valence-electron chi connectivity index (χ2n) is 5.84. The molecule has 86 valence electrons. The number of carbonyl (C=O) groups excluding carboxylic acids is 1. The molecule has 2 N–H and O–H groups in total. The fourth-order valence-electron chi connectivity index (χ4n) is 2.19. The minimum absolute atomic E-state index is 0.174. The van der Waals surface area contributed by atoms with Crippen LogP contribution in [-0.4, -0.2) is 25.5 Å². The van der Waals surface area contributed by atoms with Gasteiger partial charge in [-0.1, -0.05) is 20.8 Å². The van der Waals surface area contributed by atoms with E-state index >= 15 is 0 Å². The maximum Gasteiger partial charge on any atom is 0.223 e. The van der Waals surface area contributed by atoms with Crippen molar-refractivity contribution in [2.45, 2.75) is 27.2 Å². The van der Waals surface area contributed by atoms with Crippen LogP contribution in [-0.2, 0) is 4.79 Å². The van der Waals surface area contributed by atoms with Crippen LogP contribution < -0.4 is 10.6 Å². The van der Waals surface area contributed by atoms with Crippen LogP contribution in [0.25, 0.3) is 0 Å². The second-order valence-corrected chi connectivity index (χ2v) is 5.84. The molecule has 2 fully saturated rings. The summed E-state index contributed by atoms with van der Waals surface area (Å²) in [6.45, 7) is 9.45. The van der Waals surface area contributed by atoms with Gasteiger partial charge in [0.05, 0.1) is 0 Å². The van der Waals surface area contributed by atoms with Crippen molar-refractivity contribution in [3.05, 3.63) is 0 Å². The first-order valence-corrected chi connectivity index (χ1v) is 5.99. The molecular formula is C12H22N2O. The molecule has 1 aliphatic heterocycles. The summed E-state index contributed by atoms with van der Waals surface area (Å²) in [7, 11) is 0. The highest BCUT2D eigenvalue weighted by atomic mass is 16.1. The van der Waals surface area contributed by atoms with E-state index in [-0.39, 0.29) is 11.8 Å². The van der Waals surface area contributed by atoms with Gasteiger partial charge in [0.15, 0.2) is 0 Å². The van der Waals surface area contributed by atoms with Crippen LogP contribution in [0.5, 0.6) is 0 Å². The number of amides is 1. The van der Waals surface area contributed by atoms with Crippen LogP contribution in [0.4, 0.5) is 0 Å². The highest BCUT2D eigenvalue weighted by molar-refractivity contribution is 5.78. The Labute approximate surface area is 92.0 Å². The van der Waals surface area contributed by atoms with Crippen molar-refractivity contribution < 1.29 is 4.79 Å². The van der Waals surface area contributed by atoms with Gasteiger partial charge in [-0.2, -0.15) is 0 Å². The molecule has 1 heterocycles. The quantitative estimate of drug-likeness (QED) is 0.727. The molecular weight excluding hydrogens is 188 g/mol. The predicted molar refractivity (Wildman–Crippen MR) is 60.4 cm³/mol. The van der Waals surface area contributed by atoms with Crippen molar-refractivity contribution in [3.8, 4) is 0 Å². The van der Waals surface area contributed by atoms with Crippen LogP contribution in [0.2, 0.25) is 0 Å². The minimum atomic E-state index is 0.174. The van der Waals surface area contributed by atoms with Gasteiger partial charge in [0.2, 0.25) is 5.91 Å². The summed E-state index contributed by atoms with van der Waals surface area (Å²) < 4.78 is 0. The van der Waals surface area contributed by atoms with Gasteiger partial charge in [0, 0.05) is 12.5 Å². The van der Waals surface area contributed by atoms with Gasteiger partial charge < -0.3 is 10.6 Å². The van der Waals surface area contributed by atoms with E-state index in [4.69, 9.17) is 0 Å². The lowest BCUT2D eigenvalue weighted by Gasteiger charge is -2.31. The Hall–Kier alpha value is -0.570. The molecule has 0 aromatic carbocycles. The summed E-state index contributed by atoms with van der Waals surface area (Å²) >= 11 is 0. The fraction of sp³-hybridized carbons (Fsp3) is 0.917. The molecule has 1 saturated carbocycles. The third-order valence-electron chi connectivity index (χ3n) is 4.17. The van der Waals surface area contributed by atoms with Crippen molar-refractivity contribution in [1.29, 1.82) is 0 Å². The number of nitrogens with one attached hydrogen (secondary N) is 2. The SMILES string of the molecule is CC(C(=O)NCC1CC1(C)C)C1CNC1. The molecule has 3 nitrogen and oxygen atoms in total. The summed E-state index contributed by atoms with van der Waals surface area (Å²) in [5, 5.41) is 6.29. The molecule has 1 saturated heterocycles. The molecule has 2 unspecified atom stereocenters. The Bertz CT molecular complexity index is 258. The molecule has 2 aliphatic rings. The maximum absolute atomic E-state index is 11.8. The molecule has 2 atom stereocenters. The number of hydrogen-bond donors (Lipinski definition) is 2. The van der Waals surface area contributed by atoms with E-state index in [2.05, 4.69) is 24.5 Å². The summed E-state index contributed by atoms with van der Waals surface area (Å²) in [5.41, 5.74) is 0.467. The minimum Gasteiger partial charge on any atom is -0.356 e. The maximum atomic E-state index is 11.8. The molecule has 1 amide bonds. The number of carbonyl (C=O) groups is 1. The lowest BCUT2D eigenvalue weighted by atomic mass is 9.88. The van der Waals surface area contributed by atoms with Crippen LogP contribution in [0.15, 0.2) is 0 Å². The second kappa shape index (κ2) is 3.78. The zero-order valence-corrected chi connectivity index (χ0v) is 9.97. The smallest absolute Gasteiger partial charge is 0.223 e. The number of hydrogen-bond acceptors (Lipinski definition) is 2. The molecule has 0 aromatic heterocycles. The molecule has 0 aromatic rings. The van der Waals surface area contributed by atoms with Crippen LogP contribution in [0, 0.1) is 23.2 Å². The van der Waals surface area contributed by atoms with E-state index in [1.165, 1.54) is 6.42 Å². The van der Waals surface area contributed by atoms with Crippen molar-refractivity contribution in [2.75, 3.05) is 19.6 Å². The van der Waals surface area contributed by atoms with Gasteiger partial charge in [-0.3, -0.25) is 4.79 Å². The summed E-state index contributed by atoms with van der Waals surface area (Å²) in [6.07, 6.45) is 1.26. The molecule has 1 aliphatic carbocycles. The first-order chi connectivity index (χ1) is 7.00. The number of rotatable bonds is 4. The average molecular weight is 210 g/mol.